The molecule has 3 rings (SSSR count). The first-order valence-corrected chi connectivity index (χ1v) is 9.66. The summed E-state index contributed by atoms with van der Waals surface area (Å²) < 4.78 is 44.8. The molecule has 0 aromatic heterocycles. The zero-order chi connectivity index (χ0) is 18.4. The fourth-order valence-electron chi connectivity index (χ4n) is 4.23. The van der Waals surface area contributed by atoms with E-state index < -0.39 is 39.5 Å². The number of hydrogen-bond donors (Lipinski definition) is 0. The van der Waals surface area contributed by atoms with Gasteiger partial charge in [-0.25, -0.2) is 9.59 Å². The fraction of sp³-hybridized carbons (Fsp3) is 0.750. The Bertz CT molecular complexity index is 699. The summed E-state index contributed by atoms with van der Waals surface area (Å²) in [6.45, 7) is 6.29. The van der Waals surface area contributed by atoms with Crippen molar-refractivity contribution in [2.45, 2.75) is 43.6 Å². The monoisotopic (exact) mass is 374 g/mol. The molecule has 2 aliphatic carbocycles. The molecule has 0 N–H and O–H groups in total. The third-order valence-electron chi connectivity index (χ3n) is 5.25. The van der Waals surface area contributed by atoms with Gasteiger partial charge >= 0.3 is 11.9 Å². The molecule has 0 radical (unpaired) electrons. The highest BCUT2D eigenvalue weighted by Crippen LogP contribution is 2.61. The number of carbonyl (C=O) groups excluding carboxylic acids is 2. The maximum atomic E-state index is 12.0. The lowest BCUT2D eigenvalue weighted by molar-refractivity contribution is -0.159. The van der Waals surface area contributed by atoms with Crippen LogP contribution in [0.2, 0.25) is 0 Å². The van der Waals surface area contributed by atoms with Crippen LogP contribution in [0.4, 0.5) is 0 Å². The molecular weight excluding hydrogens is 352 g/mol. The third kappa shape index (κ3) is 3.20. The molecule has 140 valence electrons. The molecule has 9 heteroatoms. The second-order valence-electron chi connectivity index (χ2n) is 7.00. The van der Waals surface area contributed by atoms with Crippen molar-refractivity contribution < 1.29 is 36.4 Å². The van der Waals surface area contributed by atoms with Crippen LogP contribution in [0.1, 0.15) is 26.7 Å². The summed E-state index contributed by atoms with van der Waals surface area (Å²) in [7, 11) is -3.51. The molecule has 2 bridgehead atoms. The minimum absolute atomic E-state index is 0.0103. The Balaban J connectivity index is 1.43. The Morgan fingerprint density at radius 2 is 1.96 bits per heavy atom. The van der Waals surface area contributed by atoms with Gasteiger partial charge in [0.05, 0.1) is 18.0 Å². The Morgan fingerprint density at radius 3 is 2.64 bits per heavy atom. The summed E-state index contributed by atoms with van der Waals surface area (Å²) in [5, 5.41) is -0.414. The van der Waals surface area contributed by atoms with Crippen LogP contribution in [0.25, 0.3) is 0 Å². The molecule has 5 atom stereocenters. The van der Waals surface area contributed by atoms with E-state index in [0.29, 0.717) is 6.42 Å². The summed E-state index contributed by atoms with van der Waals surface area (Å²) >= 11 is 0. The van der Waals surface area contributed by atoms with E-state index in [9.17, 15) is 18.0 Å². The zero-order valence-electron chi connectivity index (χ0n) is 14.2. The van der Waals surface area contributed by atoms with Crippen molar-refractivity contribution in [3.05, 3.63) is 12.2 Å². The normalized spacial score (nSPS) is 37.0. The van der Waals surface area contributed by atoms with Gasteiger partial charge in [-0.3, -0.25) is 4.18 Å². The van der Waals surface area contributed by atoms with E-state index in [1.165, 1.54) is 6.92 Å². The number of esters is 2. The van der Waals surface area contributed by atoms with Crippen LogP contribution >= 0.6 is 0 Å². The van der Waals surface area contributed by atoms with Crippen LogP contribution < -0.4 is 0 Å². The van der Waals surface area contributed by atoms with Crippen LogP contribution in [0.3, 0.4) is 0 Å². The van der Waals surface area contributed by atoms with Gasteiger partial charge in [-0.2, -0.15) is 8.42 Å². The summed E-state index contributed by atoms with van der Waals surface area (Å²) in [4.78, 5) is 22.6. The maximum absolute atomic E-state index is 12.0. The first kappa shape index (κ1) is 18.3. The van der Waals surface area contributed by atoms with Gasteiger partial charge in [0.2, 0.25) is 0 Å². The van der Waals surface area contributed by atoms with E-state index in [-0.39, 0.29) is 36.7 Å². The molecule has 3 aliphatic rings. The van der Waals surface area contributed by atoms with Crippen LogP contribution in [0.5, 0.6) is 0 Å². The van der Waals surface area contributed by atoms with Gasteiger partial charge in [0.1, 0.15) is 12.2 Å². The summed E-state index contributed by atoms with van der Waals surface area (Å²) in [5.74, 6) is -1.23. The van der Waals surface area contributed by atoms with Gasteiger partial charge in [-0.1, -0.05) is 6.58 Å². The summed E-state index contributed by atoms with van der Waals surface area (Å²) in [6.07, 6.45) is 1.01. The topological polar surface area (TPSA) is 105 Å². The predicted molar refractivity (Wildman–Crippen MR) is 84.9 cm³/mol. The first-order valence-electron chi connectivity index (χ1n) is 8.19. The number of ether oxygens (including phenoxy) is 3. The van der Waals surface area contributed by atoms with E-state index in [0.717, 1.165) is 6.42 Å². The summed E-state index contributed by atoms with van der Waals surface area (Å²) in [6, 6.07) is 0. The largest absolute Gasteiger partial charge is 0.461 e. The van der Waals surface area contributed by atoms with E-state index in [4.69, 9.17) is 13.7 Å². The van der Waals surface area contributed by atoms with Gasteiger partial charge < -0.3 is 14.2 Å². The maximum Gasteiger partial charge on any atom is 0.344 e. The van der Waals surface area contributed by atoms with Crippen LogP contribution in [-0.2, 0) is 38.1 Å². The molecule has 0 amide bonds. The Hall–Kier alpha value is -1.45. The Kier molecular flexibility index (Phi) is 4.67. The van der Waals surface area contributed by atoms with E-state index >= 15 is 0 Å². The van der Waals surface area contributed by atoms with Gasteiger partial charge in [0.15, 0.2) is 6.61 Å². The van der Waals surface area contributed by atoms with Crippen molar-refractivity contribution in [3.8, 4) is 0 Å². The summed E-state index contributed by atoms with van der Waals surface area (Å²) in [5.41, 5.74) is -0.626. The second-order valence-corrected chi connectivity index (χ2v) is 8.76. The quantitative estimate of drug-likeness (QED) is 0.275. The molecular formula is C16H22O8S. The smallest absolute Gasteiger partial charge is 0.344 e. The van der Waals surface area contributed by atoms with Gasteiger partial charge in [0.25, 0.3) is 10.1 Å². The number of fused-ring (bicyclic) bond motifs is 1. The lowest BCUT2D eigenvalue weighted by Crippen LogP contribution is -2.46. The van der Waals surface area contributed by atoms with Crippen LogP contribution in [0, 0.1) is 11.8 Å². The van der Waals surface area contributed by atoms with Crippen molar-refractivity contribution in [2.24, 2.45) is 11.8 Å². The average Bonchev–Trinajstić information content (AvgIpc) is 3.10. The van der Waals surface area contributed by atoms with Gasteiger partial charge in [-0.05, 0) is 32.6 Å². The molecule has 2 saturated carbocycles. The molecule has 0 aromatic rings. The van der Waals surface area contributed by atoms with Crippen molar-refractivity contribution >= 4 is 22.1 Å². The minimum Gasteiger partial charge on any atom is -0.461 e. The SMILES string of the molecule is C=C(C)C(=O)OCC(=O)OCCOC1C2CC3C(C2)S(=O)(=O)OC31C. The molecule has 5 unspecified atom stereocenters. The lowest BCUT2D eigenvalue weighted by Gasteiger charge is -2.33. The number of hydrogen-bond acceptors (Lipinski definition) is 8. The average molecular weight is 374 g/mol. The van der Waals surface area contributed by atoms with Crippen LogP contribution in [0.15, 0.2) is 12.2 Å². The van der Waals surface area contributed by atoms with E-state index in [1.54, 1.807) is 6.92 Å². The first-order chi connectivity index (χ1) is 11.6. The van der Waals surface area contributed by atoms with Crippen molar-refractivity contribution in [1.82, 2.24) is 0 Å². The van der Waals surface area contributed by atoms with Crippen molar-refractivity contribution in [2.75, 3.05) is 19.8 Å². The Morgan fingerprint density at radius 1 is 1.24 bits per heavy atom. The molecule has 8 nitrogen and oxygen atoms in total. The van der Waals surface area contributed by atoms with Gasteiger partial charge in [0, 0.05) is 11.5 Å². The van der Waals surface area contributed by atoms with E-state index in [2.05, 4.69) is 11.3 Å². The van der Waals surface area contributed by atoms with Gasteiger partial charge in [-0.15, -0.1) is 0 Å². The minimum atomic E-state index is -3.51. The third-order valence-corrected chi connectivity index (χ3v) is 7.10. The highest BCUT2D eigenvalue weighted by Gasteiger charge is 2.70. The molecule has 3 fully saturated rings. The molecule has 25 heavy (non-hydrogen) atoms. The highest BCUT2D eigenvalue weighted by atomic mass is 32.2. The molecule has 1 aliphatic heterocycles. The zero-order valence-corrected chi connectivity index (χ0v) is 15.0. The molecule has 1 saturated heterocycles. The Labute approximate surface area is 146 Å². The fourth-order valence-corrected chi connectivity index (χ4v) is 6.34. The number of rotatable bonds is 7. The predicted octanol–water partition coefficient (Wildman–Crippen LogP) is 0.561. The molecule has 0 aromatic carbocycles. The van der Waals surface area contributed by atoms with Crippen LogP contribution in [-0.4, -0.2) is 57.1 Å². The number of carbonyl (C=O) groups is 2. The second kappa shape index (κ2) is 6.37. The molecule has 1 heterocycles. The standard InChI is InChI=1S/C16H22O8S/c1-9(2)15(18)23-8-13(17)21-4-5-22-14-10-6-11-12(7-10)25(19,20)24-16(11,14)3/h10-12,14H,1,4-8H2,2-3H3. The van der Waals surface area contributed by atoms with Crippen molar-refractivity contribution in [3.63, 3.8) is 0 Å². The van der Waals surface area contributed by atoms with Crippen molar-refractivity contribution in [1.29, 1.82) is 0 Å². The lowest BCUT2D eigenvalue weighted by atomic mass is 9.83. The highest BCUT2D eigenvalue weighted by molar-refractivity contribution is 7.87. The van der Waals surface area contributed by atoms with E-state index in [1.807, 2.05) is 0 Å². The molecule has 0 spiro atoms.